The van der Waals surface area contributed by atoms with Crippen LogP contribution in [0.2, 0.25) is 0 Å². The van der Waals surface area contributed by atoms with Crippen LogP contribution in [0, 0.1) is 0 Å². The maximum Gasteiger partial charge on any atom is 0.246 e. The highest BCUT2D eigenvalue weighted by Gasteiger charge is 2.59. The first-order chi connectivity index (χ1) is 38.9. The molecule has 0 aromatic heterocycles. The van der Waals surface area contributed by atoms with E-state index in [2.05, 4.69) is 11.9 Å². The van der Waals surface area contributed by atoms with Gasteiger partial charge in [-0.3, -0.25) is 4.79 Å². The molecule has 35 atom stereocenters. The molecule has 0 spiro atoms. The predicted molar refractivity (Wildman–Crippen MR) is 249 cm³/mol. The summed E-state index contributed by atoms with van der Waals surface area (Å²) < 4.78 is 80.5. The molecule has 0 unspecified atom stereocenters. The van der Waals surface area contributed by atoms with Crippen LogP contribution in [0.4, 0.5) is 0 Å². The zero-order chi connectivity index (χ0) is 59.9. The first kappa shape index (κ1) is 65.8. The summed E-state index contributed by atoms with van der Waals surface area (Å²) >= 11 is 0. The summed E-state index contributed by atoms with van der Waals surface area (Å²) in [5.41, 5.74) is -0.0223. The van der Waals surface area contributed by atoms with E-state index in [1.165, 1.54) is 6.92 Å². The van der Waals surface area contributed by atoms with Crippen LogP contribution in [0.1, 0.15) is 6.92 Å². The van der Waals surface area contributed by atoms with E-state index in [-0.39, 0.29) is 5.57 Å². The molecule has 0 radical (unpaired) electrons. The molecule has 36 nitrogen and oxygen atoms in total. The molecule has 21 fully saturated rings. The molecule has 14 bridgehead atoms. The molecule has 21 heterocycles. The van der Waals surface area contributed by atoms with Crippen molar-refractivity contribution in [2.45, 2.75) is 222 Å². The lowest BCUT2D eigenvalue weighted by molar-refractivity contribution is -0.396. The molecule has 474 valence electrons. The molecular formula is C46H75NO35. The minimum absolute atomic E-state index is 0.0223. The Morgan fingerprint density at radius 1 is 0.293 bits per heavy atom. The van der Waals surface area contributed by atoms with Gasteiger partial charge in [-0.1, -0.05) is 6.58 Å². The van der Waals surface area contributed by atoms with Crippen molar-refractivity contribution in [3.05, 3.63) is 12.2 Å². The third-order valence-corrected chi connectivity index (χ3v) is 15.5. The Balaban J connectivity index is 1.10. The summed E-state index contributed by atoms with van der Waals surface area (Å²) in [4.78, 5) is 12.7. The van der Waals surface area contributed by atoms with Crippen LogP contribution in [-0.2, 0) is 71.1 Å². The molecule has 36 heteroatoms. The maximum atomic E-state index is 12.7. The highest BCUT2D eigenvalue weighted by atomic mass is 16.8. The Morgan fingerprint density at radius 3 is 0.610 bits per heavy atom. The topological polar surface area (TPSA) is 563 Å². The van der Waals surface area contributed by atoms with Gasteiger partial charge in [0, 0.05) is 12.1 Å². The number of ether oxygens (including phenoxy) is 14. The molecule has 0 aromatic rings. The van der Waals surface area contributed by atoms with E-state index < -0.39 is 267 Å². The van der Waals surface area contributed by atoms with E-state index in [0.717, 1.165) is 0 Å². The number of amides is 1. The second kappa shape index (κ2) is 27.9. The van der Waals surface area contributed by atoms with Crippen LogP contribution < -0.4 is 5.32 Å². The van der Waals surface area contributed by atoms with Gasteiger partial charge >= 0.3 is 0 Å². The fraction of sp³-hybridized carbons (Fsp3) is 0.935. The fourth-order valence-corrected chi connectivity index (χ4v) is 10.8. The zero-order valence-electron chi connectivity index (χ0n) is 43.4. The van der Waals surface area contributed by atoms with Gasteiger partial charge in [0.05, 0.1) is 39.6 Å². The van der Waals surface area contributed by atoms with E-state index in [1.807, 2.05) is 0 Å². The lowest BCUT2D eigenvalue weighted by Crippen LogP contribution is -2.68. The minimum Gasteiger partial charge on any atom is -0.394 e. The van der Waals surface area contributed by atoms with Crippen molar-refractivity contribution in [1.29, 1.82) is 0 Å². The molecule has 0 aliphatic carbocycles. The Hall–Kier alpha value is -2.15. The van der Waals surface area contributed by atoms with E-state index in [1.54, 1.807) is 0 Å². The van der Waals surface area contributed by atoms with Crippen LogP contribution in [-0.4, -0.2) is 369 Å². The fourth-order valence-electron chi connectivity index (χ4n) is 10.8. The highest BCUT2D eigenvalue weighted by molar-refractivity contribution is 5.92. The van der Waals surface area contributed by atoms with Crippen molar-refractivity contribution in [1.82, 2.24) is 5.32 Å². The van der Waals surface area contributed by atoms with Gasteiger partial charge in [0.1, 0.15) is 171 Å². The lowest BCUT2D eigenvalue weighted by Gasteiger charge is -2.50. The SMILES string of the molecule is C=C(C)C(=O)NC[C@H]1O[C@@H]2O[C@H]3[C@H](O)[C@@H](O)[C@@H](O[C@H]4[C@H](O)[C@@H](O)[C@@H](O[C@H]5[C@H](O)[C@@H](O)[C@@H](O[C@H]6[C@H](O)[C@@H](O)[C@@H](O[C@H]7[C@H](O)[C@@H](O)[C@@H](O[C@H]8[C@H](O)[C@@H](O)[C@@H](O[C@H]1[C@H](O)[C@H]2O)O[C@@H]8CO)O[C@@H]7CO)O[C@@H]6CO)O[C@@H]5CO)O[C@@H]4CO)O[C@@H]3CO. The summed E-state index contributed by atoms with van der Waals surface area (Å²) in [6.07, 6.45) is -70.8. The molecule has 21 N–H and O–H groups in total. The van der Waals surface area contributed by atoms with Gasteiger partial charge in [0.2, 0.25) is 5.91 Å². The lowest BCUT2D eigenvalue weighted by atomic mass is 9.95. The van der Waals surface area contributed by atoms with Gasteiger partial charge in [-0.05, 0) is 6.92 Å². The number of hydrogen-bond acceptors (Lipinski definition) is 35. The molecule has 1 amide bonds. The number of aliphatic hydroxyl groups is 20. The molecule has 0 aromatic carbocycles. The monoisotopic (exact) mass is 1200 g/mol. The van der Waals surface area contributed by atoms with E-state index in [9.17, 15) is 107 Å². The molecule has 21 aliphatic rings. The first-order valence-corrected chi connectivity index (χ1v) is 26.2. The average Bonchev–Trinajstić information content (AvgIpc) is 3.67. The van der Waals surface area contributed by atoms with Crippen molar-refractivity contribution >= 4 is 5.91 Å². The van der Waals surface area contributed by atoms with E-state index in [0.29, 0.717) is 0 Å². The summed E-state index contributed by atoms with van der Waals surface area (Å²) in [7, 11) is 0. The molecule has 0 saturated carbocycles. The van der Waals surface area contributed by atoms with Crippen molar-refractivity contribution in [3.63, 3.8) is 0 Å². The third-order valence-electron chi connectivity index (χ3n) is 15.5. The van der Waals surface area contributed by atoms with Crippen LogP contribution in [0.15, 0.2) is 12.2 Å². The first-order valence-electron chi connectivity index (χ1n) is 26.2. The Kier molecular flexibility index (Phi) is 22.4. The van der Waals surface area contributed by atoms with Gasteiger partial charge in [-0.15, -0.1) is 0 Å². The van der Waals surface area contributed by atoms with Crippen LogP contribution in [0.25, 0.3) is 0 Å². The molecule has 21 aliphatic heterocycles. The maximum absolute atomic E-state index is 12.7. The van der Waals surface area contributed by atoms with Crippen LogP contribution in [0.3, 0.4) is 0 Å². The average molecular weight is 1200 g/mol. The summed E-state index contributed by atoms with van der Waals surface area (Å²) in [6.45, 7) is -2.11. The van der Waals surface area contributed by atoms with Gasteiger partial charge in [-0.2, -0.15) is 0 Å². The van der Waals surface area contributed by atoms with Gasteiger partial charge in [0.15, 0.2) is 44.0 Å². The van der Waals surface area contributed by atoms with Crippen molar-refractivity contribution < 1.29 is 173 Å². The largest absolute Gasteiger partial charge is 0.394 e. The smallest absolute Gasteiger partial charge is 0.246 e. The highest BCUT2D eigenvalue weighted by Crippen LogP contribution is 2.39. The normalized spacial score (nSPS) is 52.6. The van der Waals surface area contributed by atoms with Gasteiger partial charge in [-0.25, -0.2) is 0 Å². The quantitative estimate of drug-likeness (QED) is 0.0953. The standard InChI is InChI=1S/C46H75NO35/c1-10(2)39(68)47-3-11-32-18(54)25(61)40(69-11)77-33-12(4-48)71-42(27(63)20(33)56)79-35-14(6-50)73-44(29(65)22(35)58)81-37-16(8-52)75-46(31(67)24(37)60)82-38-17(9-53)74-45(30(66)23(38)59)80-36-15(7-51)72-43(28(64)21(36)57)78-34-13(5-49)70-41(76-32)26(62)19(34)55/h11-38,40-46,48-67H,1,3-9H2,2H3,(H,47,68)/t11-,12-,13-,14-,15-,16-,17-,18-,19-,20-,21-,22-,23-,24-,25-,26-,27-,28-,29-,30-,31-,32-,33-,34-,35-,36-,37-,38-,40-,41-,42-,43-,44-,45-,46-/m1/s1. The number of carbonyl (C=O) groups is 1. The number of aliphatic hydroxyl groups excluding tert-OH is 20. The van der Waals surface area contributed by atoms with Crippen LogP contribution in [0.5, 0.6) is 0 Å². The molecular weight excluding hydrogens is 1130 g/mol. The molecule has 82 heavy (non-hydrogen) atoms. The third kappa shape index (κ3) is 13.2. The van der Waals surface area contributed by atoms with Gasteiger partial charge < -0.3 is 174 Å². The number of hydrogen-bond donors (Lipinski definition) is 21. The van der Waals surface area contributed by atoms with E-state index in [4.69, 9.17) is 66.3 Å². The molecule has 21 saturated heterocycles. The van der Waals surface area contributed by atoms with Crippen LogP contribution >= 0.6 is 0 Å². The second-order valence-electron chi connectivity index (χ2n) is 21.0. The van der Waals surface area contributed by atoms with Crippen molar-refractivity contribution in [3.8, 4) is 0 Å². The Bertz CT molecular complexity index is 2040. The number of carbonyl (C=O) groups excluding carboxylic acids is 1. The van der Waals surface area contributed by atoms with E-state index >= 15 is 0 Å². The minimum atomic E-state index is -2.24. The zero-order valence-corrected chi connectivity index (χ0v) is 43.4. The predicted octanol–water partition coefficient (Wildman–Crippen LogP) is -14.5. The summed E-state index contributed by atoms with van der Waals surface area (Å²) in [5.74, 6) is -0.769. The van der Waals surface area contributed by atoms with Crippen molar-refractivity contribution in [2.75, 3.05) is 46.2 Å². The molecule has 21 rings (SSSR count). The summed E-state index contributed by atoms with van der Waals surface area (Å²) in [6, 6.07) is 0. The Labute approximate surface area is 464 Å². The number of nitrogens with one attached hydrogen (secondary N) is 1. The second-order valence-corrected chi connectivity index (χ2v) is 21.0. The van der Waals surface area contributed by atoms with Crippen molar-refractivity contribution in [2.24, 2.45) is 0 Å². The Morgan fingerprint density at radius 2 is 0.451 bits per heavy atom. The summed E-state index contributed by atoms with van der Waals surface area (Å²) in [5, 5.41) is 225. The number of rotatable bonds is 9. The van der Waals surface area contributed by atoms with Gasteiger partial charge in [0.25, 0.3) is 0 Å².